The summed E-state index contributed by atoms with van der Waals surface area (Å²) in [6, 6.07) is 5.67. The highest BCUT2D eigenvalue weighted by atomic mass is 16.5. The summed E-state index contributed by atoms with van der Waals surface area (Å²) in [5, 5.41) is 27.2. The minimum atomic E-state index is -0.849. The number of aliphatic carboxylic acids is 1. The molecule has 0 radical (unpaired) electrons. The van der Waals surface area contributed by atoms with Gasteiger partial charge in [-0.3, -0.25) is 15.0 Å². The number of benzene rings is 1. The number of carboxylic acid groups (broad SMARTS) is 1. The Labute approximate surface area is 223 Å². The zero-order chi connectivity index (χ0) is 27.6. The maximum atomic E-state index is 13.7. The molecule has 0 unspecified atom stereocenters. The number of ketones is 1. The van der Waals surface area contributed by atoms with Gasteiger partial charge in [0.05, 0.1) is 25.4 Å². The van der Waals surface area contributed by atoms with Gasteiger partial charge in [0.2, 0.25) is 0 Å². The summed E-state index contributed by atoms with van der Waals surface area (Å²) in [5.74, 6) is -0.00281. The van der Waals surface area contributed by atoms with E-state index in [0.29, 0.717) is 29.9 Å². The number of carboxylic acids is 1. The van der Waals surface area contributed by atoms with Crippen molar-refractivity contribution in [2.75, 3.05) is 31.1 Å². The fourth-order valence-electron chi connectivity index (χ4n) is 5.09. The van der Waals surface area contributed by atoms with Crippen molar-refractivity contribution in [3.05, 3.63) is 51.8 Å². The average Bonchev–Trinajstić information content (AvgIpc) is 3.49. The predicted molar refractivity (Wildman–Crippen MR) is 145 cm³/mol. The van der Waals surface area contributed by atoms with E-state index in [1.807, 2.05) is 25.1 Å². The van der Waals surface area contributed by atoms with Crippen LogP contribution in [0, 0.1) is 12.3 Å². The molecule has 3 N–H and O–H groups in total. The highest BCUT2D eigenvalue weighted by molar-refractivity contribution is 6.05. The largest absolute Gasteiger partial charge is 0.491 e. The Morgan fingerprint density at radius 1 is 1.16 bits per heavy atom. The fourth-order valence-corrected chi connectivity index (χ4v) is 5.09. The molecule has 2 aromatic rings. The number of aromatic nitrogens is 1. The molecular formula is C29H38N4O5. The second-order valence-electron chi connectivity index (χ2n) is 11.2. The molecule has 0 bridgehead atoms. The minimum Gasteiger partial charge on any atom is -0.491 e. The Morgan fingerprint density at radius 2 is 1.87 bits per heavy atom. The van der Waals surface area contributed by atoms with Gasteiger partial charge in [-0.15, -0.1) is 0 Å². The van der Waals surface area contributed by atoms with Crippen LogP contribution in [0.25, 0.3) is 0 Å². The number of ether oxygens (including phenoxy) is 1. The van der Waals surface area contributed by atoms with Crippen LogP contribution in [0.1, 0.15) is 84.9 Å². The molecule has 0 saturated carbocycles. The number of hydrogen-bond acceptors (Lipinski definition) is 7. The van der Waals surface area contributed by atoms with Gasteiger partial charge in [-0.25, -0.2) is 4.98 Å². The van der Waals surface area contributed by atoms with E-state index in [-0.39, 0.29) is 43.2 Å². The van der Waals surface area contributed by atoms with E-state index >= 15 is 0 Å². The molecule has 9 heteroatoms. The van der Waals surface area contributed by atoms with E-state index in [4.69, 9.17) is 15.3 Å². The zero-order valence-electron chi connectivity index (χ0n) is 22.8. The first-order valence-electron chi connectivity index (χ1n) is 13.2. The molecular weight excluding hydrogens is 484 g/mol. The van der Waals surface area contributed by atoms with E-state index in [2.05, 4.69) is 30.7 Å². The van der Waals surface area contributed by atoms with Crippen molar-refractivity contribution in [3.63, 3.8) is 0 Å². The number of aryl methyl sites for hydroxylation is 1. The molecule has 1 aromatic carbocycles. The number of carbonyl (C=O) groups excluding carboxylic acids is 1. The van der Waals surface area contributed by atoms with Crippen molar-refractivity contribution in [2.45, 2.75) is 71.9 Å². The SMILES string of the molecule is Cc1nc2c(cc1CO)CN(CC(=O)c1cc(N3CCCC3)c(OCCCC(=O)O)c(C(C)(C)C)c1)C2=N. The van der Waals surface area contributed by atoms with Crippen molar-refractivity contribution in [3.8, 4) is 5.75 Å². The quantitative estimate of drug-likeness (QED) is 0.315. The molecule has 1 saturated heterocycles. The van der Waals surface area contributed by atoms with Gasteiger partial charge in [-0.05, 0) is 55.4 Å². The number of pyridine rings is 1. The number of amidine groups is 1. The van der Waals surface area contributed by atoms with Crippen molar-refractivity contribution >= 4 is 23.3 Å². The van der Waals surface area contributed by atoms with Gasteiger partial charge in [0, 0.05) is 48.4 Å². The first kappa shape index (κ1) is 27.6. The molecule has 0 aliphatic carbocycles. The molecule has 4 rings (SSSR count). The molecule has 0 spiro atoms. The maximum absolute atomic E-state index is 13.7. The molecule has 2 aliphatic heterocycles. The van der Waals surface area contributed by atoms with E-state index in [9.17, 15) is 14.7 Å². The van der Waals surface area contributed by atoms with Crippen molar-refractivity contribution < 1.29 is 24.5 Å². The first-order valence-corrected chi connectivity index (χ1v) is 13.2. The Morgan fingerprint density at radius 3 is 2.50 bits per heavy atom. The van der Waals surface area contributed by atoms with Gasteiger partial charge in [0.1, 0.15) is 17.3 Å². The molecule has 0 amide bonds. The Bertz CT molecular complexity index is 1240. The molecule has 1 fully saturated rings. The second kappa shape index (κ2) is 11.1. The normalized spacial score (nSPS) is 15.2. The topological polar surface area (TPSA) is 127 Å². The van der Waals surface area contributed by atoms with Gasteiger partial charge in [0.15, 0.2) is 5.78 Å². The summed E-state index contributed by atoms with van der Waals surface area (Å²) in [4.78, 5) is 33.1. The van der Waals surface area contributed by atoms with E-state index in [1.54, 1.807) is 4.90 Å². The first-order chi connectivity index (χ1) is 18.0. The lowest BCUT2D eigenvalue weighted by molar-refractivity contribution is -0.137. The van der Waals surface area contributed by atoms with Gasteiger partial charge < -0.3 is 24.7 Å². The fraction of sp³-hybridized carbons (Fsp3) is 0.517. The summed E-state index contributed by atoms with van der Waals surface area (Å²) in [5.41, 5.74) is 4.86. The molecule has 204 valence electrons. The molecule has 1 aromatic heterocycles. The van der Waals surface area contributed by atoms with E-state index in [0.717, 1.165) is 54.1 Å². The number of hydrogen-bond donors (Lipinski definition) is 3. The number of aliphatic hydroxyl groups is 1. The molecule has 38 heavy (non-hydrogen) atoms. The Kier molecular flexibility index (Phi) is 8.06. The number of nitrogens with zero attached hydrogens (tertiary/aromatic N) is 3. The Balaban J connectivity index is 1.64. The number of rotatable bonds is 10. The monoisotopic (exact) mass is 522 g/mol. The molecule has 2 aliphatic rings. The van der Waals surface area contributed by atoms with Crippen LogP contribution in [0.4, 0.5) is 5.69 Å². The van der Waals surface area contributed by atoms with Gasteiger partial charge in [-0.1, -0.05) is 20.8 Å². The number of anilines is 1. The maximum Gasteiger partial charge on any atom is 0.303 e. The molecule has 9 nitrogen and oxygen atoms in total. The van der Waals surface area contributed by atoms with Crippen LogP contribution in [0.3, 0.4) is 0 Å². The predicted octanol–water partition coefficient (Wildman–Crippen LogP) is 4.05. The van der Waals surface area contributed by atoms with Crippen LogP contribution >= 0.6 is 0 Å². The van der Waals surface area contributed by atoms with Crippen LogP contribution < -0.4 is 9.64 Å². The molecule has 3 heterocycles. The lowest BCUT2D eigenvalue weighted by Crippen LogP contribution is -2.31. The third-order valence-electron chi connectivity index (χ3n) is 7.23. The van der Waals surface area contributed by atoms with Crippen LogP contribution in [-0.2, 0) is 23.4 Å². The Hall–Kier alpha value is -3.46. The summed E-state index contributed by atoms with van der Waals surface area (Å²) in [7, 11) is 0. The van der Waals surface area contributed by atoms with E-state index in [1.165, 1.54) is 0 Å². The number of nitrogens with one attached hydrogen (secondary N) is 1. The van der Waals surface area contributed by atoms with Gasteiger partial charge in [0.25, 0.3) is 0 Å². The second-order valence-corrected chi connectivity index (χ2v) is 11.2. The summed E-state index contributed by atoms with van der Waals surface area (Å²) < 4.78 is 6.23. The average molecular weight is 523 g/mol. The summed E-state index contributed by atoms with van der Waals surface area (Å²) in [6.45, 7) is 10.4. The summed E-state index contributed by atoms with van der Waals surface area (Å²) >= 11 is 0. The number of fused-ring (bicyclic) bond motifs is 1. The lowest BCUT2D eigenvalue weighted by Gasteiger charge is -2.30. The molecule has 0 atom stereocenters. The third kappa shape index (κ3) is 5.83. The van der Waals surface area contributed by atoms with Crippen molar-refractivity contribution in [1.29, 1.82) is 5.41 Å². The number of aliphatic hydroxyl groups excluding tert-OH is 1. The van der Waals surface area contributed by atoms with Crippen molar-refractivity contribution in [2.24, 2.45) is 0 Å². The van der Waals surface area contributed by atoms with E-state index < -0.39 is 5.97 Å². The third-order valence-corrected chi connectivity index (χ3v) is 7.23. The van der Waals surface area contributed by atoms with Crippen LogP contribution in [-0.4, -0.2) is 63.9 Å². The zero-order valence-corrected chi connectivity index (χ0v) is 22.8. The van der Waals surface area contributed by atoms with Crippen LogP contribution in [0.15, 0.2) is 18.2 Å². The summed E-state index contributed by atoms with van der Waals surface area (Å²) in [6.07, 6.45) is 2.57. The highest BCUT2D eigenvalue weighted by Gasteiger charge is 2.31. The number of carbonyl (C=O) groups is 2. The van der Waals surface area contributed by atoms with Crippen LogP contribution in [0.2, 0.25) is 0 Å². The smallest absolute Gasteiger partial charge is 0.303 e. The minimum absolute atomic E-state index is 0.0405. The van der Waals surface area contributed by atoms with Gasteiger partial charge >= 0.3 is 5.97 Å². The van der Waals surface area contributed by atoms with Gasteiger partial charge in [-0.2, -0.15) is 0 Å². The number of Topliss-reactive ketones (excluding diaryl/α,β-unsaturated/α-hetero) is 1. The lowest BCUT2D eigenvalue weighted by atomic mass is 9.84. The highest BCUT2D eigenvalue weighted by Crippen LogP contribution is 2.42. The standard InChI is InChI=1S/C29H38N4O5/c1-18-21(17-34)12-20-15-33(28(30)26(20)31-18)16-24(35)19-13-22(29(2,3)4)27(38-11-7-8-25(36)37)23(14-19)32-9-5-6-10-32/h12-14,30,34H,5-11,15-17H2,1-4H3,(H,36,37). The van der Waals surface area contributed by atoms with Crippen molar-refractivity contribution in [1.82, 2.24) is 9.88 Å². The van der Waals surface area contributed by atoms with Crippen LogP contribution in [0.5, 0.6) is 5.75 Å².